The van der Waals surface area contributed by atoms with Crippen LogP contribution in [0.3, 0.4) is 0 Å². The molecular formula is C12H24O8P3V-. The molecule has 0 saturated heterocycles. The molecule has 0 heterocycles. The standard InChI is InChI=1S/C12H24O8P3.V/c1-8-9(2)11(3,4)12(5,6)10(8)7-20-22(16,17)23(18,19)21(13,14)15;/h9H,1,7H2,2-6H3,(H,16,17)(H,18,19)(H2,13,14,15);/q-1;/t9-;/m1./s1. The Morgan fingerprint density at radius 2 is 1.54 bits per heavy atom. The molecule has 3 atom stereocenters. The van der Waals surface area contributed by atoms with Gasteiger partial charge >= 0.3 is 21.3 Å². The molecule has 2 unspecified atom stereocenters. The summed E-state index contributed by atoms with van der Waals surface area (Å²) in [6.07, 6.45) is 0. The van der Waals surface area contributed by atoms with Gasteiger partial charge in [-0.25, -0.2) is 21.3 Å². The molecule has 0 bridgehead atoms. The van der Waals surface area contributed by atoms with E-state index in [9.17, 15) is 23.5 Å². The summed E-state index contributed by atoms with van der Waals surface area (Å²) in [7, 11) is -11.1. The zero-order chi connectivity index (χ0) is 18.6. The van der Waals surface area contributed by atoms with Gasteiger partial charge in [0.25, 0.3) is 0 Å². The van der Waals surface area contributed by atoms with Crippen molar-refractivity contribution in [3.8, 4) is 0 Å². The molecule has 0 aromatic heterocycles. The van der Waals surface area contributed by atoms with Crippen LogP contribution < -0.4 is 0 Å². The molecule has 1 radical (unpaired) electrons. The summed E-state index contributed by atoms with van der Waals surface area (Å²) in [5.41, 5.74) is -0.0386. The van der Waals surface area contributed by atoms with Crippen LogP contribution in [-0.2, 0) is 36.8 Å². The van der Waals surface area contributed by atoms with Crippen LogP contribution in [0.1, 0.15) is 34.6 Å². The Labute approximate surface area is 153 Å². The van der Waals surface area contributed by atoms with Crippen LogP contribution in [0.5, 0.6) is 0 Å². The molecule has 0 amide bonds. The first-order chi connectivity index (χ1) is 9.91. The van der Waals surface area contributed by atoms with Crippen LogP contribution in [0.25, 0.3) is 0 Å². The maximum atomic E-state index is 11.9. The Kier molecular flexibility index (Phi) is 7.21. The van der Waals surface area contributed by atoms with E-state index in [4.69, 9.17) is 9.79 Å². The van der Waals surface area contributed by atoms with Gasteiger partial charge in [-0.1, -0.05) is 40.0 Å². The first-order valence-corrected chi connectivity index (χ1v) is 13.1. The molecule has 8 nitrogen and oxygen atoms in total. The van der Waals surface area contributed by atoms with E-state index in [2.05, 4.69) is 11.1 Å². The number of hydrogen-bond donors (Lipinski definition) is 4. The second-order valence-corrected chi connectivity index (χ2v) is 17.4. The fourth-order valence-corrected chi connectivity index (χ4v) is 8.04. The summed E-state index contributed by atoms with van der Waals surface area (Å²) in [6.45, 7) is 7.45. The van der Waals surface area contributed by atoms with Crippen molar-refractivity contribution in [3.05, 3.63) is 18.1 Å². The zero-order valence-corrected chi connectivity index (χ0v) is 18.3. The van der Waals surface area contributed by atoms with E-state index in [0.29, 0.717) is 11.5 Å². The van der Waals surface area contributed by atoms with E-state index in [-0.39, 0.29) is 29.9 Å². The van der Waals surface area contributed by atoms with E-state index in [1.54, 1.807) is 0 Å². The molecule has 1 rings (SSSR count). The Hall–Kier alpha value is 0.684. The molecule has 0 aliphatic heterocycles. The normalized spacial score (nSPS) is 28.0. The Balaban J connectivity index is 0.00000529. The summed E-state index contributed by atoms with van der Waals surface area (Å²) in [5.74, 6) is 0.617. The predicted octanol–water partition coefficient (Wildman–Crippen LogP) is 3.30. The van der Waals surface area contributed by atoms with Gasteiger partial charge in [-0.05, 0) is 11.3 Å². The molecule has 24 heavy (non-hydrogen) atoms. The first-order valence-electron chi connectivity index (χ1n) is 6.83. The summed E-state index contributed by atoms with van der Waals surface area (Å²) < 4.78 is 39.2. The summed E-state index contributed by atoms with van der Waals surface area (Å²) >= 11 is 0. The second-order valence-electron chi connectivity index (χ2n) is 6.86. The third-order valence-corrected chi connectivity index (χ3v) is 15.7. The quantitative estimate of drug-likeness (QED) is 0.377. The SMILES string of the molecule is C=C1[C-](COP(=O)(O)P(=O)(O)P(=O)(O)O)C(C)(C)C(C)(C)[C@@H]1C.[V]. The minimum atomic E-state index is -5.73. The number of hydrogen-bond acceptors (Lipinski definition) is 4. The molecule has 12 heteroatoms. The Bertz CT molecular complexity index is 653. The Morgan fingerprint density at radius 3 is 1.83 bits per heavy atom. The van der Waals surface area contributed by atoms with Crippen LogP contribution in [0.4, 0.5) is 0 Å². The first kappa shape index (κ1) is 24.7. The molecule has 1 fully saturated rings. The largest absolute Gasteiger partial charge is 0.421 e. The zero-order valence-electron chi connectivity index (χ0n) is 14.2. The van der Waals surface area contributed by atoms with E-state index in [1.165, 1.54) is 0 Å². The summed E-state index contributed by atoms with van der Waals surface area (Å²) in [4.78, 5) is 36.5. The van der Waals surface area contributed by atoms with Gasteiger partial charge in [-0.15, -0.1) is 0 Å². The summed E-state index contributed by atoms with van der Waals surface area (Å²) in [6, 6.07) is 0. The van der Waals surface area contributed by atoms with Crippen molar-refractivity contribution >= 4 is 21.3 Å². The molecular weight excluding hydrogens is 416 g/mol. The van der Waals surface area contributed by atoms with Crippen LogP contribution in [0, 0.1) is 22.7 Å². The van der Waals surface area contributed by atoms with Crippen molar-refractivity contribution in [2.75, 3.05) is 6.61 Å². The van der Waals surface area contributed by atoms with Gasteiger partial charge in [0.15, 0.2) is 0 Å². The molecule has 1 aliphatic rings. The monoisotopic (exact) mass is 440 g/mol. The van der Waals surface area contributed by atoms with Crippen molar-refractivity contribution in [2.45, 2.75) is 34.6 Å². The molecule has 0 aromatic rings. The fraction of sp³-hybridized carbons (Fsp3) is 0.750. The maximum absolute atomic E-state index is 11.9. The van der Waals surface area contributed by atoms with Crippen LogP contribution in [0.15, 0.2) is 12.2 Å². The molecule has 0 aromatic carbocycles. The minimum Gasteiger partial charge on any atom is -0.328 e. The van der Waals surface area contributed by atoms with Crippen LogP contribution >= 0.6 is 21.3 Å². The van der Waals surface area contributed by atoms with Crippen LogP contribution in [0.2, 0.25) is 0 Å². The molecule has 4 N–H and O–H groups in total. The van der Waals surface area contributed by atoms with Crippen molar-refractivity contribution in [2.24, 2.45) is 16.7 Å². The third-order valence-electron chi connectivity index (χ3n) is 5.40. The molecule has 1 aliphatic carbocycles. The van der Waals surface area contributed by atoms with Gasteiger partial charge in [-0.3, -0.25) is 4.57 Å². The van der Waals surface area contributed by atoms with Crippen molar-refractivity contribution in [1.82, 2.24) is 0 Å². The van der Waals surface area contributed by atoms with Gasteiger partial charge in [-0.2, -0.15) is 5.92 Å². The van der Waals surface area contributed by atoms with Crippen molar-refractivity contribution in [3.63, 3.8) is 0 Å². The van der Waals surface area contributed by atoms with Crippen LogP contribution in [-0.4, -0.2) is 26.2 Å². The third kappa shape index (κ3) is 3.70. The minimum absolute atomic E-state index is 0. The Morgan fingerprint density at radius 1 is 1.12 bits per heavy atom. The van der Waals surface area contributed by atoms with Crippen molar-refractivity contribution in [1.29, 1.82) is 0 Å². The average Bonchev–Trinajstić information content (AvgIpc) is 2.45. The smallest absolute Gasteiger partial charge is 0.328 e. The van der Waals surface area contributed by atoms with Gasteiger partial charge in [0.05, 0.1) is 0 Å². The maximum Gasteiger partial charge on any atom is 0.421 e. The molecule has 141 valence electrons. The van der Waals surface area contributed by atoms with E-state index in [0.717, 1.165) is 0 Å². The van der Waals surface area contributed by atoms with E-state index < -0.39 is 33.3 Å². The summed E-state index contributed by atoms with van der Waals surface area (Å²) in [5, 5.41) is 0. The van der Waals surface area contributed by atoms with Gasteiger partial charge < -0.3 is 24.1 Å². The second kappa shape index (κ2) is 7.01. The van der Waals surface area contributed by atoms with E-state index >= 15 is 0 Å². The van der Waals surface area contributed by atoms with Gasteiger partial charge in [0.2, 0.25) is 0 Å². The molecule has 0 spiro atoms. The predicted molar refractivity (Wildman–Crippen MR) is 86.8 cm³/mol. The van der Waals surface area contributed by atoms with E-state index in [1.807, 2.05) is 34.6 Å². The van der Waals surface area contributed by atoms with Gasteiger partial charge in [0.1, 0.15) is 0 Å². The van der Waals surface area contributed by atoms with Gasteiger partial charge in [0, 0.05) is 25.2 Å². The van der Waals surface area contributed by atoms with Crippen molar-refractivity contribution < 1.29 is 56.3 Å². The fourth-order valence-electron chi connectivity index (χ4n) is 2.67. The topological polar surface area (TPSA) is 141 Å². The average molecular weight is 440 g/mol. The number of rotatable bonds is 5. The molecule has 1 saturated carbocycles.